The molecule has 2 aromatic carbocycles. The van der Waals surface area contributed by atoms with E-state index >= 15 is 0 Å². The number of hydrogen-bond acceptors (Lipinski definition) is 6. The third kappa shape index (κ3) is 5.27. The van der Waals surface area contributed by atoms with Crippen molar-refractivity contribution >= 4 is 27.0 Å². The molecule has 9 heteroatoms. The van der Waals surface area contributed by atoms with Crippen molar-refractivity contribution in [2.45, 2.75) is 38.1 Å². The van der Waals surface area contributed by atoms with Crippen molar-refractivity contribution in [2.24, 2.45) is 4.99 Å². The SMILES string of the molecule is CCOc1ccc(N=c2scc(-c3ccc(S(=O)(=O)N4CCOCC4)cc3)n2C(C)(C)C)cc1. The van der Waals surface area contributed by atoms with E-state index in [4.69, 9.17) is 14.5 Å². The van der Waals surface area contributed by atoms with Crippen LogP contribution in [0.25, 0.3) is 11.3 Å². The average Bonchev–Trinajstić information content (AvgIpc) is 3.25. The van der Waals surface area contributed by atoms with Crippen molar-refractivity contribution in [3.63, 3.8) is 0 Å². The maximum absolute atomic E-state index is 13.0. The molecule has 2 heterocycles. The molecule has 0 amide bonds. The van der Waals surface area contributed by atoms with E-state index < -0.39 is 10.0 Å². The lowest BCUT2D eigenvalue weighted by molar-refractivity contribution is 0.0730. The van der Waals surface area contributed by atoms with Gasteiger partial charge in [-0.05, 0) is 69.7 Å². The second kappa shape index (κ2) is 10.0. The van der Waals surface area contributed by atoms with Crippen LogP contribution in [0.1, 0.15) is 27.7 Å². The zero-order valence-electron chi connectivity index (χ0n) is 20.0. The Hall–Kier alpha value is -2.46. The second-order valence-corrected chi connectivity index (χ2v) is 11.8. The Bertz CT molecular complexity index is 1280. The third-order valence-electron chi connectivity index (χ3n) is 5.51. The van der Waals surface area contributed by atoms with E-state index in [9.17, 15) is 8.42 Å². The number of benzene rings is 2. The summed E-state index contributed by atoms with van der Waals surface area (Å²) in [4.78, 5) is 6.06. The molecular formula is C25H31N3O4S2. The Labute approximate surface area is 205 Å². The van der Waals surface area contributed by atoms with Crippen LogP contribution in [-0.4, -0.2) is 50.2 Å². The molecule has 0 bridgehead atoms. The van der Waals surface area contributed by atoms with Gasteiger partial charge >= 0.3 is 0 Å². The van der Waals surface area contributed by atoms with Gasteiger partial charge in [0.05, 0.1) is 36.1 Å². The highest BCUT2D eigenvalue weighted by molar-refractivity contribution is 7.89. The molecule has 1 saturated heterocycles. The van der Waals surface area contributed by atoms with Crippen molar-refractivity contribution in [3.8, 4) is 17.0 Å². The number of sulfonamides is 1. The normalized spacial score (nSPS) is 16.1. The number of rotatable bonds is 6. The quantitative estimate of drug-likeness (QED) is 0.494. The lowest BCUT2D eigenvalue weighted by Gasteiger charge is -2.26. The van der Waals surface area contributed by atoms with Gasteiger partial charge in [0.2, 0.25) is 10.0 Å². The van der Waals surface area contributed by atoms with Gasteiger partial charge in [0, 0.05) is 24.0 Å². The van der Waals surface area contributed by atoms with E-state index in [-0.39, 0.29) is 5.54 Å². The molecule has 1 fully saturated rings. The smallest absolute Gasteiger partial charge is 0.243 e. The van der Waals surface area contributed by atoms with Crippen LogP contribution >= 0.6 is 11.3 Å². The average molecular weight is 502 g/mol. The largest absolute Gasteiger partial charge is 0.494 e. The molecule has 34 heavy (non-hydrogen) atoms. The zero-order chi connectivity index (χ0) is 24.3. The van der Waals surface area contributed by atoms with Crippen LogP contribution in [0, 0.1) is 0 Å². The topological polar surface area (TPSA) is 73.1 Å². The number of nitrogens with zero attached hydrogens (tertiary/aromatic N) is 3. The molecule has 0 radical (unpaired) electrons. The first-order valence-corrected chi connectivity index (χ1v) is 13.7. The van der Waals surface area contributed by atoms with Crippen LogP contribution in [0.15, 0.2) is 63.8 Å². The highest BCUT2D eigenvalue weighted by atomic mass is 32.2. The number of thiazole rings is 1. The summed E-state index contributed by atoms with van der Waals surface area (Å²) in [6.45, 7) is 10.6. The molecule has 4 rings (SSSR count). The number of hydrogen-bond donors (Lipinski definition) is 0. The van der Waals surface area contributed by atoms with Gasteiger partial charge in [-0.15, -0.1) is 11.3 Å². The van der Waals surface area contributed by atoms with Gasteiger partial charge in [-0.25, -0.2) is 13.4 Å². The Balaban J connectivity index is 1.69. The summed E-state index contributed by atoms with van der Waals surface area (Å²) in [5, 5.41) is 2.07. The van der Waals surface area contributed by atoms with Crippen LogP contribution in [0.4, 0.5) is 5.69 Å². The Morgan fingerprint density at radius 1 is 1.03 bits per heavy atom. The number of ether oxygens (including phenoxy) is 2. The van der Waals surface area contributed by atoms with Gasteiger partial charge in [-0.1, -0.05) is 12.1 Å². The Morgan fingerprint density at radius 2 is 1.68 bits per heavy atom. The lowest BCUT2D eigenvalue weighted by atomic mass is 10.1. The van der Waals surface area contributed by atoms with Crippen molar-refractivity contribution in [1.82, 2.24) is 8.87 Å². The lowest BCUT2D eigenvalue weighted by Crippen LogP contribution is -2.40. The molecule has 1 aromatic heterocycles. The number of morpholine rings is 1. The zero-order valence-corrected chi connectivity index (χ0v) is 21.7. The summed E-state index contributed by atoms with van der Waals surface area (Å²) >= 11 is 1.56. The number of aromatic nitrogens is 1. The molecule has 182 valence electrons. The monoisotopic (exact) mass is 501 g/mol. The van der Waals surface area contributed by atoms with Crippen molar-refractivity contribution in [2.75, 3.05) is 32.9 Å². The summed E-state index contributed by atoms with van der Waals surface area (Å²) in [6.07, 6.45) is 0. The highest BCUT2D eigenvalue weighted by Gasteiger charge is 2.26. The molecule has 3 aromatic rings. The van der Waals surface area contributed by atoms with Crippen LogP contribution in [0.5, 0.6) is 5.75 Å². The van der Waals surface area contributed by atoms with Crippen molar-refractivity contribution in [1.29, 1.82) is 0 Å². The molecule has 0 atom stereocenters. The van der Waals surface area contributed by atoms with Gasteiger partial charge < -0.3 is 14.0 Å². The fraction of sp³-hybridized carbons (Fsp3) is 0.400. The van der Waals surface area contributed by atoms with Crippen LogP contribution in [0.2, 0.25) is 0 Å². The van der Waals surface area contributed by atoms with Crippen LogP contribution in [0.3, 0.4) is 0 Å². The second-order valence-electron chi connectivity index (χ2n) is 8.99. The van der Waals surface area contributed by atoms with Gasteiger partial charge in [0.1, 0.15) is 5.75 Å². The van der Waals surface area contributed by atoms with E-state index in [1.807, 2.05) is 43.3 Å². The van der Waals surface area contributed by atoms with Crippen molar-refractivity contribution < 1.29 is 17.9 Å². The van der Waals surface area contributed by atoms with E-state index in [1.54, 1.807) is 23.5 Å². The summed E-state index contributed by atoms with van der Waals surface area (Å²) in [6, 6.07) is 14.9. The first-order valence-electron chi connectivity index (χ1n) is 11.4. The predicted octanol–water partition coefficient (Wildman–Crippen LogP) is 4.62. The van der Waals surface area contributed by atoms with Gasteiger partial charge in [0.15, 0.2) is 4.80 Å². The molecule has 0 unspecified atom stereocenters. The summed E-state index contributed by atoms with van der Waals surface area (Å²) in [5.74, 6) is 0.823. The van der Waals surface area contributed by atoms with Gasteiger partial charge in [0.25, 0.3) is 0 Å². The molecule has 0 spiro atoms. The van der Waals surface area contributed by atoms with Crippen LogP contribution < -0.4 is 9.54 Å². The Morgan fingerprint density at radius 3 is 2.26 bits per heavy atom. The first kappa shape index (κ1) is 24.7. The van der Waals surface area contributed by atoms with Gasteiger partial charge in [-0.2, -0.15) is 4.31 Å². The van der Waals surface area contributed by atoms with Crippen molar-refractivity contribution in [3.05, 3.63) is 58.7 Å². The van der Waals surface area contributed by atoms with Crippen LogP contribution in [-0.2, 0) is 20.3 Å². The molecule has 7 nitrogen and oxygen atoms in total. The molecule has 1 aliphatic rings. The minimum Gasteiger partial charge on any atom is -0.494 e. The van der Waals surface area contributed by atoms with E-state index in [2.05, 4.69) is 30.7 Å². The predicted molar refractivity (Wildman–Crippen MR) is 135 cm³/mol. The fourth-order valence-electron chi connectivity index (χ4n) is 3.87. The molecule has 0 aliphatic carbocycles. The minimum atomic E-state index is -3.52. The summed E-state index contributed by atoms with van der Waals surface area (Å²) < 4.78 is 40.5. The maximum Gasteiger partial charge on any atom is 0.243 e. The molecule has 1 aliphatic heterocycles. The maximum atomic E-state index is 13.0. The molecular weight excluding hydrogens is 470 g/mol. The van der Waals surface area contributed by atoms with E-state index in [0.29, 0.717) is 37.8 Å². The molecule has 0 saturated carbocycles. The Kier molecular flexibility index (Phi) is 7.28. The third-order valence-corrected chi connectivity index (χ3v) is 8.25. The summed E-state index contributed by atoms with van der Waals surface area (Å²) in [5.41, 5.74) is 2.57. The standard InChI is InChI=1S/C25H31N3O4S2/c1-5-32-21-10-8-20(9-11-21)26-24-28(25(2,3)4)23(18-33-24)19-6-12-22(13-7-19)34(29,30)27-14-16-31-17-15-27/h6-13,18H,5,14-17H2,1-4H3. The van der Waals surface area contributed by atoms with Gasteiger partial charge in [-0.3, -0.25) is 0 Å². The van der Waals surface area contributed by atoms with E-state index in [0.717, 1.165) is 27.5 Å². The molecule has 0 N–H and O–H groups in total. The first-order chi connectivity index (χ1) is 16.2. The fourth-order valence-corrected chi connectivity index (χ4v) is 6.37. The summed E-state index contributed by atoms with van der Waals surface area (Å²) in [7, 11) is -3.52. The highest BCUT2D eigenvalue weighted by Crippen LogP contribution is 2.28. The minimum absolute atomic E-state index is 0.224. The van der Waals surface area contributed by atoms with E-state index in [1.165, 1.54) is 4.31 Å².